The minimum Gasteiger partial charge on any atom is -0.436 e. The molecule has 0 bridgehead atoms. The van der Waals surface area contributed by atoms with Gasteiger partial charge < -0.3 is 4.74 Å². The first kappa shape index (κ1) is 15.8. The molecule has 0 aliphatic heterocycles. The molecule has 1 heterocycles. The van der Waals surface area contributed by atoms with Crippen LogP contribution in [0.25, 0.3) is 10.8 Å². The summed E-state index contributed by atoms with van der Waals surface area (Å²) in [5.41, 5.74) is 2.16. The molecule has 25 heavy (non-hydrogen) atoms. The Bertz CT molecular complexity index is 1020. The molecule has 0 saturated carbocycles. The Morgan fingerprint density at radius 2 is 1.40 bits per heavy atom. The van der Waals surface area contributed by atoms with E-state index in [1.54, 1.807) is 0 Å². The third-order valence-electron chi connectivity index (χ3n) is 3.99. The van der Waals surface area contributed by atoms with E-state index in [1.807, 2.05) is 60.7 Å². The van der Waals surface area contributed by atoms with Crippen LogP contribution in [0.3, 0.4) is 0 Å². The molecule has 4 aromatic rings. The van der Waals surface area contributed by atoms with Gasteiger partial charge in [-0.1, -0.05) is 60.7 Å². The van der Waals surface area contributed by atoms with Crippen LogP contribution in [0.15, 0.2) is 83.3 Å². The molecule has 4 heteroatoms. The van der Waals surface area contributed by atoms with E-state index in [-0.39, 0.29) is 0 Å². The van der Waals surface area contributed by atoms with Gasteiger partial charge in [-0.3, -0.25) is 0 Å². The van der Waals surface area contributed by atoms with Crippen LogP contribution in [0.5, 0.6) is 11.6 Å². The van der Waals surface area contributed by atoms with Gasteiger partial charge in [-0.15, -0.1) is 5.10 Å². The molecule has 4 rings (SSSR count). The van der Waals surface area contributed by atoms with E-state index in [1.165, 1.54) is 5.56 Å². The van der Waals surface area contributed by atoms with Gasteiger partial charge in [0.15, 0.2) is 0 Å². The molecular formula is C21H15BrN2O. The lowest BCUT2D eigenvalue weighted by atomic mass is 10.0. The smallest absolute Gasteiger partial charge is 0.246 e. The van der Waals surface area contributed by atoms with Crippen LogP contribution in [0, 0.1) is 0 Å². The maximum Gasteiger partial charge on any atom is 0.246 e. The summed E-state index contributed by atoms with van der Waals surface area (Å²) in [7, 11) is 0. The molecule has 3 aromatic carbocycles. The Morgan fingerprint density at radius 1 is 0.720 bits per heavy atom. The molecular weight excluding hydrogens is 376 g/mol. The van der Waals surface area contributed by atoms with Crippen LogP contribution in [0.1, 0.15) is 11.3 Å². The largest absolute Gasteiger partial charge is 0.436 e. The second-order valence-corrected chi connectivity index (χ2v) is 6.55. The number of halogens is 1. The lowest BCUT2D eigenvalue weighted by molar-refractivity contribution is 0.458. The number of aromatic nitrogens is 2. The van der Waals surface area contributed by atoms with Gasteiger partial charge in [-0.2, -0.15) is 5.10 Å². The summed E-state index contributed by atoms with van der Waals surface area (Å²) in [6.07, 6.45) is 0.740. The number of ether oxygens (including phenoxy) is 1. The maximum atomic E-state index is 6.01. The Hall–Kier alpha value is -2.72. The molecule has 1 aromatic heterocycles. The van der Waals surface area contributed by atoms with Crippen molar-refractivity contribution in [3.05, 3.63) is 94.6 Å². The summed E-state index contributed by atoms with van der Waals surface area (Å²) < 4.78 is 6.89. The Balaban J connectivity index is 1.75. The summed E-state index contributed by atoms with van der Waals surface area (Å²) >= 11 is 3.50. The van der Waals surface area contributed by atoms with E-state index in [0.29, 0.717) is 5.88 Å². The van der Waals surface area contributed by atoms with Gasteiger partial charge in [0.2, 0.25) is 5.88 Å². The van der Waals surface area contributed by atoms with Crippen molar-refractivity contribution >= 4 is 26.7 Å². The van der Waals surface area contributed by atoms with Gasteiger partial charge in [0, 0.05) is 17.2 Å². The third-order valence-corrected chi connectivity index (χ3v) is 4.64. The lowest BCUT2D eigenvalue weighted by Crippen LogP contribution is -2.00. The summed E-state index contributed by atoms with van der Waals surface area (Å²) in [5, 5.41) is 10.8. The molecule has 0 N–H and O–H groups in total. The summed E-state index contributed by atoms with van der Waals surface area (Å²) in [6.45, 7) is 0. The SMILES string of the molecule is Brc1ccccc1Oc1nnc(Cc2ccccc2)c2ccccc12. The van der Waals surface area contributed by atoms with Crippen LogP contribution >= 0.6 is 15.9 Å². The van der Waals surface area contributed by atoms with E-state index >= 15 is 0 Å². The Labute approximate surface area is 154 Å². The topological polar surface area (TPSA) is 35.0 Å². The fourth-order valence-electron chi connectivity index (χ4n) is 2.76. The molecule has 0 amide bonds. The highest BCUT2D eigenvalue weighted by Crippen LogP contribution is 2.33. The van der Waals surface area contributed by atoms with E-state index in [4.69, 9.17) is 4.74 Å². The zero-order valence-electron chi connectivity index (χ0n) is 13.4. The number of hydrogen-bond acceptors (Lipinski definition) is 3. The minimum atomic E-state index is 0.513. The highest BCUT2D eigenvalue weighted by atomic mass is 79.9. The Morgan fingerprint density at radius 3 is 2.20 bits per heavy atom. The fraction of sp³-hybridized carbons (Fsp3) is 0.0476. The molecule has 0 radical (unpaired) electrons. The van der Waals surface area contributed by atoms with Crippen molar-refractivity contribution in [2.24, 2.45) is 0 Å². The van der Waals surface area contributed by atoms with Crippen molar-refractivity contribution in [1.82, 2.24) is 10.2 Å². The second-order valence-electron chi connectivity index (χ2n) is 5.69. The summed E-state index contributed by atoms with van der Waals surface area (Å²) in [6, 6.07) is 26.1. The zero-order valence-corrected chi connectivity index (χ0v) is 15.0. The van der Waals surface area contributed by atoms with Crippen molar-refractivity contribution < 1.29 is 4.74 Å². The molecule has 0 fully saturated rings. The number of benzene rings is 3. The fourth-order valence-corrected chi connectivity index (χ4v) is 3.13. The first-order chi connectivity index (χ1) is 12.3. The van der Waals surface area contributed by atoms with Gasteiger partial charge in [-0.05, 0) is 39.7 Å². The van der Waals surface area contributed by atoms with Gasteiger partial charge >= 0.3 is 0 Å². The van der Waals surface area contributed by atoms with Crippen molar-refractivity contribution in [2.45, 2.75) is 6.42 Å². The van der Waals surface area contributed by atoms with Crippen LogP contribution < -0.4 is 4.74 Å². The third kappa shape index (κ3) is 3.39. The van der Waals surface area contributed by atoms with E-state index in [2.05, 4.69) is 44.3 Å². The molecule has 122 valence electrons. The van der Waals surface area contributed by atoms with E-state index in [0.717, 1.165) is 33.1 Å². The van der Waals surface area contributed by atoms with Crippen molar-refractivity contribution in [3.8, 4) is 11.6 Å². The molecule has 0 unspecified atom stereocenters. The highest BCUT2D eigenvalue weighted by molar-refractivity contribution is 9.10. The number of hydrogen-bond donors (Lipinski definition) is 0. The quantitative estimate of drug-likeness (QED) is 0.443. The molecule has 0 aliphatic rings. The number of rotatable bonds is 4. The number of para-hydroxylation sites is 1. The van der Waals surface area contributed by atoms with Crippen LogP contribution in [0.2, 0.25) is 0 Å². The van der Waals surface area contributed by atoms with Gasteiger partial charge in [-0.25, -0.2) is 0 Å². The highest BCUT2D eigenvalue weighted by Gasteiger charge is 2.12. The van der Waals surface area contributed by atoms with E-state index in [9.17, 15) is 0 Å². The predicted molar refractivity (Wildman–Crippen MR) is 103 cm³/mol. The van der Waals surface area contributed by atoms with Crippen molar-refractivity contribution in [1.29, 1.82) is 0 Å². The normalized spacial score (nSPS) is 10.8. The monoisotopic (exact) mass is 390 g/mol. The van der Waals surface area contributed by atoms with Crippen molar-refractivity contribution in [2.75, 3.05) is 0 Å². The van der Waals surface area contributed by atoms with Crippen LogP contribution in [0.4, 0.5) is 0 Å². The average molecular weight is 391 g/mol. The molecule has 3 nitrogen and oxygen atoms in total. The predicted octanol–water partition coefficient (Wildman–Crippen LogP) is 5.78. The standard InChI is InChI=1S/C21H15BrN2O/c22-18-12-6-7-13-20(18)25-21-17-11-5-4-10-16(17)19(23-24-21)14-15-8-2-1-3-9-15/h1-13H,14H2. The maximum absolute atomic E-state index is 6.01. The minimum absolute atomic E-state index is 0.513. The first-order valence-corrected chi connectivity index (χ1v) is 8.81. The molecule has 0 spiro atoms. The second kappa shape index (κ2) is 7.03. The lowest BCUT2D eigenvalue weighted by Gasteiger charge is -2.11. The zero-order chi connectivity index (χ0) is 17.1. The number of nitrogens with zero attached hydrogens (tertiary/aromatic N) is 2. The average Bonchev–Trinajstić information content (AvgIpc) is 2.66. The van der Waals surface area contributed by atoms with Crippen molar-refractivity contribution in [3.63, 3.8) is 0 Å². The number of fused-ring (bicyclic) bond motifs is 1. The van der Waals surface area contributed by atoms with Crippen LogP contribution in [-0.2, 0) is 6.42 Å². The first-order valence-electron chi connectivity index (χ1n) is 8.02. The summed E-state index contributed by atoms with van der Waals surface area (Å²) in [4.78, 5) is 0. The van der Waals surface area contributed by atoms with Crippen LogP contribution in [-0.4, -0.2) is 10.2 Å². The van der Waals surface area contributed by atoms with Gasteiger partial charge in [0.25, 0.3) is 0 Å². The molecule has 0 aliphatic carbocycles. The molecule has 0 saturated heterocycles. The molecule has 0 atom stereocenters. The summed E-state index contributed by atoms with van der Waals surface area (Å²) in [5.74, 6) is 1.23. The van der Waals surface area contributed by atoms with Gasteiger partial charge in [0.1, 0.15) is 5.75 Å². The van der Waals surface area contributed by atoms with E-state index < -0.39 is 0 Å². The van der Waals surface area contributed by atoms with Gasteiger partial charge in [0.05, 0.1) is 10.2 Å². The Kier molecular flexibility index (Phi) is 4.44.